The van der Waals surface area contributed by atoms with Gasteiger partial charge in [0.1, 0.15) is 0 Å². The Labute approximate surface area is 212 Å². The maximum Gasteiger partial charge on any atom is 0.256 e. The highest BCUT2D eigenvalue weighted by Gasteiger charge is 2.26. The number of aryl methyl sites for hydroxylation is 2. The quantitative estimate of drug-likeness (QED) is 0.368. The van der Waals surface area contributed by atoms with Gasteiger partial charge in [-0.05, 0) is 56.5 Å². The maximum atomic E-state index is 13.6. The zero-order chi connectivity index (χ0) is 25.3. The molecule has 0 bridgehead atoms. The van der Waals surface area contributed by atoms with Gasteiger partial charge in [0.15, 0.2) is 0 Å². The number of aromatic nitrogens is 1. The fourth-order valence-electron chi connectivity index (χ4n) is 4.58. The molecule has 0 aliphatic carbocycles. The summed E-state index contributed by atoms with van der Waals surface area (Å²) >= 11 is 0. The van der Waals surface area contributed by atoms with Crippen LogP contribution in [0.1, 0.15) is 40.7 Å². The predicted octanol–water partition coefficient (Wildman–Crippen LogP) is 5.95. The minimum Gasteiger partial charge on any atom is -0.322 e. The van der Waals surface area contributed by atoms with Gasteiger partial charge in [-0.2, -0.15) is 4.31 Å². The summed E-state index contributed by atoms with van der Waals surface area (Å²) in [5.74, 6) is -0.308. The molecule has 1 aliphatic rings. The van der Waals surface area contributed by atoms with Crippen molar-refractivity contribution >= 4 is 32.5 Å². The highest BCUT2D eigenvalue weighted by Crippen LogP contribution is 2.28. The van der Waals surface area contributed by atoms with Gasteiger partial charge >= 0.3 is 0 Å². The van der Waals surface area contributed by atoms with Crippen molar-refractivity contribution in [1.29, 1.82) is 0 Å². The standard InChI is InChI=1S/C29H29N3O3S/c1-20-10-13-22(14-11-20)28-19-25(24-8-4-5-9-26(24)30-28)29(33)31-27-18-23(15-12-21(27)2)36(34,35)32-16-6-3-7-17-32/h4-5,8-15,18-19H,3,6-7,16-17H2,1-2H3,(H,31,33). The van der Waals surface area contributed by atoms with Crippen molar-refractivity contribution in [1.82, 2.24) is 9.29 Å². The summed E-state index contributed by atoms with van der Waals surface area (Å²) in [6.07, 6.45) is 2.78. The van der Waals surface area contributed by atoms with Crippen molar-refractivity contribution in [3.63, 3.8) is 0 Å². The van der Waals surface area contributed by atoms with Crippen LogP contribution < -0.4 is 5.32 Å². The molecule has 0 radical (unpaired) electrons. The summed E-state index contributed by atoms with van der Waals surface area (Å²) in [7, 11) is -3.61. The Kier molecular flexibility index (Phi) is 6.60. The molecule has 0 atom stereocenters. The third kappa shape index (κ3) is 4.76. The topological polar surface area (TPSA) is 79.4 Å². The largest absolute Gasteiger partial charge is 0.322 e. The first-order valence-corrected chi connectivity index (χ1v) is 13.7. The lowest BCUT2D eigenvalue weighted by Crippen LogP contribution is -2.35. The third-order valence-electron chi connectivity index (χ3n) is 6.72. The lowest BCUT2D eigenvalue weighted by atomic mass is 10.0. The van der Waals surface area contributed by atoms with Crippen molar-refractivity contribution in [3.05, 3.63) is 89.5 Å². The van der Waals surface area contributed by atoms with Crippen LogP contribution in [0.5, 0.6) is 0 Å². The number of fused-ring (bicyclic) bond motifs is 1. The lowest BCUT2D eigenvalue weighted by Gasteiger charge is -2.26. The summed E-state index contributed by atoms with van der Waals surface area (Å²) in [5, 5.41) is 3.71. The van der Waals surface area contributed by atoms with Gasteiger partial charge in [-0.3, -0.25) is 4.79 Å². The monoisotopic (exact) mass is 499 g/mol. The van der Waals surface area contributed by atoms with E-state index in [0.717, 1.165) is 46.9 Å². The van der Waals surface area contributed by atoms with E-state index in [4.69, 9.17) is 4.98 Å². The van der Waals surface area contributed by atoms with Crippen LogP contribution in [-0.4, -0.2) is 36.7 Å². The van der Waals surface area contributed by atoms with Crippen molar-refractivity contribution in [2.24, 2.45) is 0 Å². The van der Waals surface area contributed by atoms with Crippen LogP contribution in [0.2, 0.25) is 0 Å². The maximum absolute atomic E-state index is 13.6. The molecule has 5 rings (SSSR count). The van der Waals surface area contributed by atoms with Crippen molar-refractivity contribution in [2.75, 3.05) is 18.4 Å². The molecule has 2 heterocycles. The van der Waals surface area contributed by atoms with Gasteiger partial charge < -0.3 is 5.32 Å². The Morgan fingerprint density at radius 3 is 2.36 bits per heavy atom. The number of anilines is 1. The number of para-hydroxylation sites is 1. The van der Waals surface area contributed by atoms with Crippen LogP contribution in [0.25, 0.3) is 22.2 Å². The number of sulfonamides is 1. The molecule has 1 amide bonds. The van der Waals surface area contributed by atoms with E-state index < -0.39 is 10.0 Å². The molecule has 1 saturated heterocycles. The number of carbonyl (C=O) groups is 1. The first-order chi connectivity index (χ1) is 17.3. The molecule has 1 N–H and O–H groups in total. The lowest BCUT2D eigenvalue weighted by molar-refractivity contribution is 0.102. The Balaban J connectivity index is 1.51. The number of carbonyl (C=O) groups excluding carboxylic acids is 1. The van der Waals surface area contributed by atoms with Gasteiger partial charge in [0.05, 0.1) is 21.7 Å². The second-order valence-corrected chi connectivity index (χ2v) is 11.3. The summed E-state index contributed by atoms with van der Waals surface area (Å²) < 4.78 is 28.0. The number of hydrogen-bond acceptors (Lipinski definition) is 4. The fourth-order valence-corrected chi connectivity index (χ4v) is 6.12. The van der Waals surface area contributed by atoms with Crippen LogP contribution in [0.4, 0.5) is 5.69 Å². The molecule has 0 spiro atoms. The van der Waals surface area contributed by atoms with E-state index in [1.165, 1.54) is 4.31 Å². The molecule has 36 heavy (non-hydrogen) atoms. The SMILES string of the molecule is Cc1ccc(-c2cc(C(=O)Nc3cc(S(=O)(=O)N4CCCCC4)ccc3C)c3ccccc3n2)cc1. The van der Waals surface area contributed by atoms with Gasteiger partial charge in [0.25, 0.3) is 5.91 Å². The molecule has 4 aromatic rings. The Morgan fingerprint density at radius 2 is 1.61 bits per heavy atom. The number of nitrogens with zero attached hydrogens (tertiary/aromatic N) is 2. The molecule has 0 unspecified atom stereocenters. The second kappa shape index (κ2) is 9.84. The summed E-state index contributed by atoms with van der Waals surface area (Å²) in [5.41, 5.74) is 5.25. The summed E-state index contributed by atoms with van der Waals surface area (Å²) in [6.45, 7) is 4.94. The minimum atomic E-state index is -3.61. The highest BCUT2D eigenvalue weighted by molar-refractivity contribution is 7.89. The summed E-state index contributed by atoms with van der Waals surface area (Å²) in [4.78, 5) is 18.6. The molecule has 7 heteroatoms. The number of pyridine rings is 1. The van der Waals surface area contributed by atoms with E-state index >= 15 is 0 Å². The van der Waals surface area contributed by atoms with Crippen LogP contribution in [0.15, 0.2) is 77.7 Å². The van der Waals surface area contributed by atoms with Crippen molar-refractivity contribution < 1.29 is 13.2 Å². The van der Waals surface area contributed by atoms with E-state index in [2.05, 4.69) is 5.32 Å². The van der Waals surface area contributed by atoms with Crippen LogP contribution in [-0.2, 0) is 10.0 Å². The molecule has 6 nitrogen and oxygen atoms in total. The Hall–Kier alpha value is -3.55. The zero-order valence-corrected chi connectivity index (χ0v) is 21.3. The average molecular weight is 500 g/mol. The molecular weight excluding hydrogens is 470 g/mol. The first kappa shape index (κ1) is 24.2. The number of amides is 1. The predicted molar refractivity (Wildman–Crippen MR) is 144 cm³/mol. The van der Waals surface area contributed by atoms with E-state index in [-0.39, 0.29) is 10.8 Å². The second-order valence-electron chi connectivity index (χ2n) is 9.33. The molecule has 1 aromatic heterocycles. The number of nitrogens with one attached hydrogen (secondary N) is 1. The number of piperidine rings is 1. The molecule has 0 saturated carbocycles. The average Bonchev–Trinajstić information content (AvgIpc) is 2.90. The zero-order valence-electron chi connectivity index (χ0n) is 20.5. The van der Waals surface area contributed by atoms with Crippen molar-refractivity contribution in [3.8, 4) is 11.3 Å². The first-order valence-electron chi connectivity index (χ1n) is 12.2. The van der Waals surface area contributed by atoms with Crippen LogP contribution in [0, 0.1) is 13.8 Å². The van der Waals surface area contributed by atoms with Crippen LogP contribution in [0.3, 0.4) is 0 Å². The van der Waals surface area contributed by atoms with Gasteiger partial charge in [-0.15, -0.1) is 0 Å². The third-order valence-corrected chi connectivity index (χ3v) is 8.61. The summed E-state index contributed by atoms with van der Waals surface area (Å²) in [6, 6.07) is 22.3. The van der Waals surface area contributed by atoms with E-state index in [9.17, 15) is 13.2 Å². The number of benzene rings is 3. The smallest absolute Gasteiger partial charge is 0.256 e. The molecule has 1 fully saturated rings. The van der Waals surface area contributed by atoms with Crippen molar-refractivity contribution in [2.45, 2.75) is 38.0 Å². The normalized spacial score (nSPS) is 14.6. The Bertz CT molecular complexity index is 1540. The van der Waals surface area contributed by atoms with E-state index in [1.807, 2.05) is 62.4 Å². The van der Waals surface area contributed by atoms with E-state index in [1.54, 1.807) is 24.3 Å². The molecule has 184 valence electrons. The van der Waals surface area contributed by atoms with Crippen LogP contribution >= 0.6 is 0 Å². The highest BCUT2D eigenvalue weighted by atomic mass is 32.2. The molecule has 1 aliphatic heterocycles. The van der Waals surface area contributed by atoms with Gasteiger partial charge in [0.2, 0.25) is 10.0 Å². The number of hydrogen-bond donors (Lipinski definition) is 1. The van der Waals surface area contributed by atoms with Gasteiger partial charge in [-0.1, -0.05) is 60.5 Å². The van der Waals surface area contributed by atoms with E-state index in [0.29, 0.717) is 30.0 Å². The fraction of sp³-hybridized carbons (Fsp3) is 0.241. The Morgan fingerprint density at radius 1 is 0.889 bits per heavy atom. The van der Waals surface area contributed by atoms with Gasteiger partial charge in [0, 0.05) is 29.7 Å². The molecular formula is C29H29N3O3S. The minimum absolute atomic E-state index is 0.199. The number of rotatable bonds is 5. The molecule has 3 aromatic carbocycles. The van der Waals surface area contributed by atoms with Gasteiger partial charge in [-0.25, -0.2) is 13.4 Å².